The first-order chi connectivity index (χ1) is 9.36. The number of sulfonamides is 1. The summed E-state index contributed by atoms with van der Waals surface area (Å²) in [7, 11) is -3.63. The van der Waals surface area contributed by atoms with Crippen molar-refractivity contribution in [1.29, 1.82) is 5.26 Å². The normalized spacial score (nSPS) is 17.8. The first kappa shape index (κ1) is 14.8. The van der Waals surface area contributed by atoms with E-state index in [9.17, 15) is 8.42 Å². The molecule has 0 radical (unpaired) electrons. The Morgan fingerprint density at radius 3 is 2.60 bits per heavy atom. The van der Waals surface area contributed by atoms with Gasteiger partial charge in [0.1, 0.15) is 4.90 Å². The van der Waals surface area contributed by atoms with Gasteiger partial charge in [-0.25, -0.2) is 13.1 Å². The number of nitrogens with one attached hydrogen (secondary N) is 1. The highest BCUT2D eigenvalue weighted by molar-refractivity contribution is 7.89. The van der Waals surface area contributed by atoms with E-state index in [4.69, 9.17) is 11.0 Å². The van der Waals surface area contributed by atoms with E-state index in [0.29, 0.717) is 12.1 Å². The minimum atomic E-state index is -3.63. The Kier molecular flexibility index (Phi) is 4.02. The number of anilines is 1. The maximum absolute atomic E-state index is 12.3. The first-order valence-electron chi connectivity index (χ1n) is 6.66. The van der Waals surface area contributed by atoms with Gasteiger partial charge in [-0.2, -0.15) is 5.26 Å². The molecule has 1 saturated carbocycles. The van der Waals surface area contributed by atoms with Crippen LogP contribution in [0.15, 0.2) is 23.1 Å². The zero-order valence-electron chi connectivity index (χ0n) is 11.5. The Labute approximate surface area is 119 Å². The molecule has 1 aliphatic rings. The molecule has 0 heterocycles. The van der Waals surface area contributed by atoms with E-state index >= 15 is 0 Å². The molecule has 2 rings (SSSR count). The van der Waals surface area contributed by atoms with Crippen LogP contribution in [0.5, 0.6) is 0 Å². The summed E-state index contributed by atoms with van der Waals surface area (Å²) in [6.07, 6.45) is 4.38. The van der Waals surface area contributed by atoms with Crippen LogP contribution >= 0.6 is 0 Å². The molecule has 0 atom stereocenters. The number of nitriles is 1. The number of hydrogen-bond donors (Lipinski definition) is 2. The Hall–Kier alpha value is -1.58. The van der Waals surface area contributed by atoms with Crippen molar-refractivity contribution < 1.29 is 8.42 Å². The zero-order valence-corrected chi connectivity index (χ0v) is 12.3. The number of nitrogens with two attached hydrogens (primary N) is 1. The second-order valence-corrected chi connectivity index (χ2v) is 7.44. The molecule has 5 nitrogen and oxygen atoms in total. The lowest BCUT2D eigenvalue weighted by atomic mass is 9.89. The fourth-order valence-corrected chi connectivity index (χ4v) is 3.93. The van der Waals surface area contributed by atoms with Gasteiger partial charge in [0.05, 0.1) is 17.3 Å². The van der Waals surface area contributed by atoms with Crippen molar-refractivity contribution in [3.63, 3.8) is 0 Å². The Morgan fingerprint density at radius 1 is 1.40 bits per heavy atom. The maximum Gasteiger partial charge on any atom is 0.242 e. The molecular weight excluding hydrogens is 274 g/mol. The number of hydrogen-bond acceptors (Lipinski definition) is 4. The van der Waals surface area contributed by atoms with Crippen molar-refractivity contribution in [2.75, 3.05) is 12.3 Å². The summed E-state index contributed by atoms with van der Waals surface area (Å²) in [5, 5.41) is 8.77. The van der Waals surface area contributed by atoms with E-state index in [1.165, 1.54) is 18.2 Å². The lowest BCUT2D eigenvalue weighted by molar-refractivity contribution is 0.336. The lowest BCUT2D eigenvalue weighted by Crippen LogP contribution is -2.34. The molecular formula is C14H19N3O2S. The van der Waals surface area contributed by atoms with E-state index < -0.39 is 10.0 Å². The molecule has 3 N–H and O–H groups in total. The highest BCUT2D eigenvalue weighted by Crippen LogP contribution is 2.37. The number of nitrogens with zero attached hydrogens (tertiary/aromatic N) is 1. The average molecular weight is 293 g/mol. The third-order valence-corrected chi connectivity index (χ3v) is 5.40. The SMILES string of the molecule is CC1(CNS(=O)(=O)c2ccc(C#N)cc2N)CCCC1. The summed E-state index contributed by atoms with van der Waals surface area (Å²) in [5.41, 5.74) is 6.22. The second-order valence-electron chi connectivity index (χ2n) is 5.71. The van der Waals surface area contributed by atoms with Crippen molar-refractivity contribution in [2.45, 2.75) is 37.5 Å². The fourth-order valence-electron chi connectivity index (χ4n) is 2.62. The number of rotatable bonds is 4. The highest BCUT2D eigenvalue weighted by atomic mass is 32.2. The molecule has 20 heavy (non-hydrogen) atoms. The van der Waals surface area contributed by atoms with Crippen LogP contribution in [-0.4, -0.2) is 15.0 Å². The first-order valence-corrected chi connectivity index (χ1v) is 8.14. The van der Waals surface area contributed by atoms with Crippen LogP contribution in [0.25, 0.3) is 0 Å². The molecule has 6 heteroatoms. The van der Waals surface area contributed by atoms with Gasteiger partial charge in [0.15, 0.2) is 0 Å². The van der Waals surface area contributed by atoms with E-state index in [2.05, 4.69) is 11.6 Å². The third kappa shape index (κ3) is 3.11. The summed E-state index contributed by atoms with van der Waals surface area (Å²) in [6.45, 7) is 2.53. The topological polar surface area (TPSA) is 96.0 Å². The monoisotopic (exact) mass is 293 g/mol. The Morgan fingerprint density at radius 2 is 2.05 bits per heavy atom. The molecule has 0 aromatic heterocycles. The summed E-state index contributed by atoms with van der Waals surface area (Å²) in [5.74, 6) is 0. The maximum atomic E-state index is 12.3. The number of nitrogen functional groups attached to an aromatic ring is 1. The van der Waals surface area contributed by atoms with Crippen LogP contribution in [0.4, 0.5) is 5.69 Å². The minimum Gasteiger partial charge on any atom is -0.398 e. The Balaban J connectivity index is 2.16. The third-order valence-electron chi connectivity index (χ3n) is 3.93. The minimum absolute atomic E-state index is 0.0361. The summed E-state index contributed by atoms with van der Waals surface area (Å²) in [6, 6.07) is 6.16. The van der Waals surface area contributed by atoms with Crippen LogP contribution in [-0.2, 0) is 10.0 Å². The molecule has 1 aliphatic carbocycles. The van der Waals surface area contributed by atoms with Crippen molar-refractivity contribution >= 4 is 15.7 Å². The van der Waals surface area contributed by atoms with Gasteiger partial charge in [0.2, 0.25) is 10.0 Å². The molecule has 0 bridgehead atoms. The van der Waals surface area contributed by atoms with E-state index in [1.54, 1.807) is 0 Å². The van der Waals surface area contributed by atoms with E-state index in [1.807, 2.05) is 6.07 Å². The molecule has 0 amide bonds. The second kappa shape index (κ2) is 5.43. The van der Waals surface area contributed by atoms with E-state index in [-0.39, 0.29) is 16.0 Å². The Bertz CT molecular complexity index is 641. The van der Waals surface area contributed by atoms with Gasteiger partial charge in [-0.1, -0.05) is 19.8 Å². The van der Waals surface area contributed by atoms with Crippen LogP contribution in [0.2, 0.25) is 0 Å². The molecule has 0 unspecified atom stereocenters. The molecule has 108 valence electrons. The molecule has 0 saturated heterocycles. The van der Waals surface area contributed by atoms with Crippen LogP contribution < -0.4 is 10.5 Å². The van der Waals surface area contributed by atoms with Gasteiger partial charge in [-0.3, -0.25) is 0 Å². The standard InChI is InChI=1S/C14H19N3O2S/c1-14(6-2-3-7-14)10-17-20(18,19)13-5-4-11(9-15)8-12(13)16/h4-5,8,17H,2-3,6-7,10,16H2,1H3. The lowest BCUT2D eigenvalue weighted by Gasteiger charge is -2.23. The molecule has 0 aliphatic heterocycles. The van der Waals surface area contributed by atoms with Gasteiger partial charge in [0.25, 0.3) is 0 Å². The summed E-state index contributed by atoms with van der Waals surface area (Å²) in [4.78, 5) is 0.0399. The van der Waals surface area contributed by atoms with Gasteiger partial charge in [-0.05, 0) is 36.5 Å². The quantitative estimate of drug-likeness (QED) is 0.830. The molecule has 0 spiro atoms. The highest BCUT2D eigenvalue weighted by Gasteiger charge is 2.30. The van der Waals surface area contributed by atoms with E-state index in [0.717, 1.165) is 25.7 Å². The van der Waals surface area contributed by atoms with Gasteiger partial charge >= 0.3 is 0 Å². The predicted octanol–water partition coefficient (Wildman–Crippen LogP) is 2.00. The summed E-state index contributed by atoms with van der Waals surface area (Å²) >= 11 is 0. The van der Waals surface area contributed by atoms with Crippen molar-refractivity contribution in [1.82, 2.24) is 4.72 Å². The van der Waals surface area contributed by atoms with Crippen LogP contribution in [0.3, 0.4) is 0 Å². The van der Waals surface area contributed by atoms with Crippen LogP contribution in [0, 0.1) is 16.7 Å². The van der Waals surface area contributed by atoms with Gasteiger partial charge in [0, 0.05) is 6.54 Å². The molecule has 1 aromatic carbocycles. The van der Waals surface area contributed by atoms with Crippen molar-refractivity contribution in [2.24, 2.45) is 5.41 Å². The van der Waals surface area contributed by atoms with Gasteiger partial charge in [-0.15, -0.1) is 0 Å². The predicted molar refractivity (Wildman–Crippen MR) is 77.3 cm³/mol. The zero-order chi connectivity index (χ0) is 14.8. The average Bonchev–Trinajstić information content (AvgIpc) is 2.84. The smallest absolute Gasteiger partial charge is 0.242 e. The van der Waals surface area contributed by atoms with Crippen LogP contribution in [0.1, 0.15) is 38.2 Å². The fraction of sp³-hybridized carbons (Fsp3) is 0.500. The summed E-state index contributed by atoms with van der Waals surface area (Å²) < 4.78 is 27.2. The number of benzene rings is 1. The largest absolute Gasteiger partial charge is 0.398 e. The van der Waals surface area contributed by atoms with Crippen molar-refractivity contribution in [3.8, 4) is 6.07 Å². The van der Waals surface area contributed by atoms with Crippen molar-refractivity contribution in [3.05, 3.63) is 23.8 Å². The van der Waals surface area contributed by atoms with Gasteiger partial charge < -0.3 is 5.73 Å². The molecule has 1 fully saturated rings. The molecule has 1 aromatic rings.